The van der Waals surface area contributed by atoms with Crippen molar-refractivity contribution in [2.75, 3.05) is 0 Å². The molecule has 2 rings (SSSR count). The molecule has 0 radical (unpaired) electrons. The minimum Gasteiger partial charge on any atom is -0.476 e. The molecule has 0 bridgehead atoms. The van der Waals surface area contributed by atoms with Crippen LogP contribution in [0.4, 0.5) is 0 Å². The van der Waals surface area contributed by atoms with Crippen LogP contribution in [-0.4, -0.2) is 21.3 Å². The van der Waals surface area contributed by atoms with Crippen LogP contribution in [0, 0.1) is 0 Å². The van der Waals surface area contributed by atoms with Gasteiger partial charge >= 0.3 is 5.97 Å². The Morgan fingerprint density at radius 3 is 2.72 bits per heavy atom. The van der Waals surface area contributed by atoms with E-state index in [9.17, 15) is 4.79 Å². The highest BCUT2D eigenvalue weighted by Gasteiger charge is 2.05. The fourth-order valence-corrected chi connectivity index (χ4v) is 1.74. The summed E-state index contributed by atoms with van der Waals surface area (Å²) in [6.07, 6.45) is 0. The highest BCUT2D eigenvalue weighted by Crippen LogP contribution is 2.14. The smallest absolute Gasteiger partial charge is 0.356 e. The maximum atomic E-state index is 10.6. The van der Waals surface area contributed by atoms with Crippen molar-refractivity contribution in [1.29, 1.82) is 0 Å². The molecule has 1 N–H and O–H groups in total. The van der Waals surface area contributed by atoms with E-state index in [-0.39, 0.29) is 5.69 Å². The molecule has 0 amide bonds. The molecule has 1 heterocycles. The minimum atomic E-state index is -1.11. The molecule has 1 aromatic carbocycles. The molecule has 0 aliphatic rings. The topological polar surface area (TPSA) is 72.3 Å². The number of benzene rings is 1. The number of nitrogens with zero attached hydrogens (tertiary/aromatic N) is 2. The van der Waals surface area contributed by atoms with Gasteiger partial charge in [-0.05, 0) is 23.8 Å². The number of carboxylic acids is 1. The quantitative estimate of drug-likeness (QED) is 0.939. The van der Waals surface area contributed by atoms with Gasteiger partial charge in [0.2, 0.25) is 5.88 Å². The van der Waals surface area contributed by atoms with E-state index in [0.717, 1.165) is 10.0 Å². The Morgan fingerprint density at radius 1 is 1.28 bits per heavy atom. The Hall–Kier alpha value is -1.95. The van der Waals surface area contributed by atoms with Crippen LogP contribution in [0.25, 0.3) is 0 Å². The fraction of sp³-hybridized carbons (Fsp3) is 0.0833. The van der Waals surface area contributed by atoms with E-state index in [1.807, 2.05) is 24.3 Å². The van der Waals surface area contributed by atoms with E-state index >= 15 is 0 Å². The molecule has 0 atom stereocenters. The maximum Gasteiger partial charge on any atom is 0.356 e. The SMILES string of the molecule is O=C(O)c1ccc(OCc2cccc(Br)c2)nn1. The second-order valence-corrected chi connectivity index (χ2v) is 4.40. The third-order valence-corrected chi connectivity index (χ3v) is 2.63. The second kappa shape index (κ2) is 5.59. The molecule has 2 aromatic rings. The Kier molecular flexibility index (Phi) is 3.88. The first-order chi connectivity index (χ1) is 8.65. The lowest BCUT2D eigenvalue weighted by Crippen LogP contribution is -2.04. The zero-order valence-corrected chi connectivity index (χ0v) is 10.8. The summed E-state index contributed by atoms with van der Waals surface area (Å²) in [5.41, 5.74) is 0.873. The number of rotatable bonds is 4. The van der Waals surface area contributed by atoms with Crippen molar-refractivity contribution >= 4 is 21.9 Å². The van der Waals surface area contributed by atoms with Crippen molar-refractivity contribution < 1.29 is 14.6 Å². The third kappa shape index (κ3) is 3.27. The van der Waals surface area contributed by atoms with Crippen molar-refractivity contribution in [2.45, 2.75) is 6.61 Å². The summed E-state index contributed by atoms with van der Waals surface area (Å²) in [6, 6.07) is 10.5. The van der Waals surface area contributed by atoms with Gasteiger partial charge in [0, 0.05) is 10.5 Å². The zero-order valence-electron chi connectivity index (χ0n) is 9.21. The van der Waals surface area contributed by atoms with Crippen LogP contribution in [0.2, 0.25) is 0 Å². The summed E-state index contributed by atoms with van der Waals surface area (Å²) < 4.78 is 6.36. The van der Waals surface area contributed by atoms with Crippen LogP contribution in [0.15, 0.2) is 40.9 Å². The van der Waals surface area contributed by atoms with E-state index in [1.54, 1.807) is 0 Å². The van der Waals surface area contributed by atoms with Crippen LogP contribution in [0.3, 0.4) is 0 Å². The van der Waals surface area contributed by atoms with Gasteiger partial charge in [-0.2, -0.15) is 0 Å². The van der Waals surface area contributed by atoms with Crippen LogP contribution >= 0.6 is 15.9 Å². The summed E-state index contributed by atoms with van der Waals surface area (Å²) in [5.74, 6) is -0.819. The Balaban J connectivity index is 2.00. The molecule has 5 nitrogen and oxygen atoms in total. The molecule has 0 aliphatic heterocycles. The summed E-state index contributed by atoms with van der Waals surface area (Å²) in [6.45, 7) is 0.348. The van der Waals surface area contributed by atoms with E-state index in [4.69, 9.17) is 9.84 Å². The standard InChI is InChI=1S/C12H9BrN2O3/c13-9-3-1-2-8(6-9)7-18-11-5-4-10(12(16)17)14-15-11/h1-6H,7H2,(H,16,17). The first-order valence-electron chi connectivity index (χ1n) is 5.09. The van der Waals surface area contributed by atoms with Crippen molar-refractivity contribution in [2.24, 2.45) is 0 Å². The van der Waals surface area contributed by atoms with Crippen LogP contribution in [0.1, 0.15) is 16.1 Å². The average molecular weight is 309 g/mol. The number of carbonyl (C=O) groups is 1. The molecule has 0 unspecified atom stereocenters. The van der Waals surface area contributed by atoms with Gasteiger partial charge in [-0.1, -0.05) is 28.1 Å². The number of hydrogen-bond donors (Lipinski definition) is 1. The molecule has 0 aliphatic carbocycles. The van der Waals surface area contributed by atoms with Crippen molar-refractivity contribution in [3.8, 4) is 5.88 Å². The minimum absolute atomic E-state index is 0.107. The normalized spacial score (nSPS) is 10.1. The number of aromatic nitrogens is 2. The number of carboxylic acid groups (broad SMARTS) is 1. The number of hydrogen-bond acceptors (Lipinski definition) is 4. The molecule has 0 fully saturated rings. The lowest BCUT2D eigenvalue weighted by molar-refractivity contribution is 0.0689. The Labute approximate surface area is 112 Å². The molecule has 6 heteroatoms. The van der Waals surface area contributed by atoms with Crippen LogP contribution in [0.5, 0.6) is 5.88 Å². The van der Waals surface area contributed by atoms with Crippen molar-refractivity contribution in [1.82, 2.24) is 10.2 Å². The van der Waals surface area contributed by atoms with Gasteiger partial charge < -0.3 is 9.84 Å². The van der Waals surface area contributed by atoms with Crippen LogP contribution in [-0.2, 0) is 6.61 Å². The van der Waals surface area contributed by atoms with Gasteiger partial charge in [-0.3, -0.25) is 0 Å². The molecule has 0 spiro atoms. The summed E-state index contributed by atoms with van der Waals surface area (Å²) in [5, 5.41) is 15.9. The largest absolute Gasteiger partial charge is 0.476 e. The monoisotopic (exact) mass is 308 g/mol. The Morgan fingerprint density at radius 2 is 2.11 bits per heavy atom. The molecule has 1 aromatic heterocycles. The predicted octanol–water partition coefficient (Wildman–Crippen LogP) is 2.52. The van der Waals surface area contributed by atoms with Crippen LogP contribution < -0.4 is 4.74 Å². The summed E-state index contributed by atoms with van der Waals surface area (Å²) in [7, 11) is 0. The molecule has 0 saturated carbocycles. The number of ether oxygens (including phenoxy) is 1. The summed E-state index contributed by atoms with van der Waals surface area (Å²) >= 11 is 3.37. The van der Waals surface area contributed by atoms with Crippen molar-refractivity contribution in [3.63, 3.8) is 0 Å². The van der Waals surface area contributed by atoms with Gasteiger partial charge in [0.15, 0.2) is 5.69 Å². The number of halogens is 1. The highest BCUT2D eigenvalue weighted by molar-refractivity contribution is 9.10. The van der Waals surface area contributed by atoms with Gasteiger partial charge in [-0.25, -0.2) is 4.79 Å². The molecule has 0 saturated heterocycles. The first-order valence-corrected chi connectivity index (χ1v) is 5.89. The zero-order chi connectivity index (χ0) is 13.0. The summed E-state index contributed by atoms with van der Waals surface area (Å²) in [4.78, 5) is 10.6. The molecular weight excluding hydrogens is 300 g/mol. The van der Waals surface area contributed by atoms with Gasteiger partial charge in [-0.15, -0.1) is 10.2 Å². The first kappa shape index (κ1) is 12.5. The second-order valence-electron chi connectivity index (χ2n) is 3.48. The molecule has 18 heavy (non-hydrogen) atoms. The molecular formula is C12H9BrN2O3. The maximum absolute atomic E-state index is 10.6. The third-order valence-electron chi connectivity index (χ3n) is 2.13. The van der Waals surface area contributed by atoms with E-state index < -0.39 is 5.97 Å². The molecule has 92 valence electrons. The van der Waals surface area contributed by atoms with E-state index in [0.29, 0.717) is 12.5 Å². The van der Waals surface area contributed by atoms with Gasteiger partial charge in [0.05, 0.1) is 0 Å². The lowest BCUT2D eigenvalue weighted by atomic mass is 10.2. The average Bonchev–Trinajstić information content (AvgIpc) is 2.37. The number of aromatic carboxylic acids is 1. The van der Waals surface area contributed by atoms with Gasteiger partial charge in [0.25, 0.3) is 0 Å². The Bertz CT molecular complexity index is 558. The highest BCUT2D eigenvalue weighted by atomic mass is 79.9. The predicted molar refractivity (Wildman–Crippen MR) is 67.5 cm³/mol. The van der Waals surface area contributed by atoms with E-state index in [1.165, 1.54) is 12.1 Å². The van der Waals surface area contributed by atoms with E-state index in [2.05, 4.69) is 26.1 Å². The lowest BCUT2D eigenvalue weighted by Gasteiger charge is -2.05. The van der Waals surface area contributed by atoms with Gasteiger partial charge in [0.1, 0.15) is 6.61 Å². The van der Waals surface area contributed by atoms with Crippen molar-refractivity contribution in [3.05, 3.63) is 52.1 Å². The fourth-order valence-electron chi connectivity index (χ4n) is 1.30.